The first-order valence-corrected chi connectivity index (χ1v) is 10.5. The molecule has 2 bridgehead atoms. The summed E-state index contributed by atoms with van der Waals surface area (Å²) in [6, 6.07) is 7.20. The van der Waals surface area contributed by atoms with Crippen LogP contribution in [0.5, 0.6) is 0 Å². The highest BCUT2D eigenvalue weighted by atomic mass is 32.2. The third kappa shape index (κ3) is 3.05. The van der Waals surface area contributed by atoms with E-state index in [0.717, 1.165) is 36.4 Å². The second-order valence-corrected chi connectivity index (χ2v) is 9.65. The molecule has 24 heavy (non-hydrogen) atoms. The summed E-state index contributed by atoms with van der Waals surface area (Å²) < 4.78 is 27.2. The SMILES string of the molecule is Cc1ccc(S(=O)(=O)N2CC[NH+](C[C@@H]3C[C@@H]4C=C[C@@H]3C4)CC2)cc1. The van der Waals surface area contributed by atoms with E-state index >= 15 is 0 Å². The van der Waals surface area contributed by atoms with Gasteiger partial charge in [0.25, 0.3) is 0 Å². The zero-order chi connectivity index (χ0) is 16.7. The van der Waals surface area contributed by atoms with Gasteiger partial charge in [-0.3, -0.25) is 0 Å². The van der Waals surface area contributed by atoms with E-state index in [4.69, 9.17) is 0 Å². The van der Waals surface area contributed by atoms with Crippen molar-refractivity contribution in [2.45, 2.75) is 24.7 Å². The van der Waals surface area contributed by atoms with Crippen LogP contribution in [-0.4, -0.2) is 45.4 Å². The first-order valence-electron chi connectivity index (χ1n) is 9.11. The van der Waals surface area contributed by atoms with E-state index in [9.17, 15) is 8.42 Å². The van der Waals surface area contributed by atoms with E-state index in [-0.39, 0.29) is 0 Å². The van der Waals surface area contributed by atoms with Crippen molar-refractivity contribution in [3.63, 3.8) is 0 Å². The molecule has 1 aromatic rings. The highest BCUT2D eigenvalue weighted by Gasteiger charge is 2.39. The van der Waals surface area contributed by atoms with E-state index in [0.29, 0.717) is 18.0 Å². The van der Waals surface area contributed by atoms with Gasteiger partial charge in [0.2, 0.25) is 10.0 Å². The van der Waals surface area contributed by atoms with Crippen molar-refractivity contribution in [1.29, 1.82) is 0 Å². The molecule has 0 radical (unpaired) electrons. The number of hydrogen-bond donors (Lipinski definition) is 1. The minimum absolute atomic E-state index is 0.426. The molecule has 0 spiro atoms. The normalized spacial score (nSPS) is 31.0. The van der Waals surface area contributed by atoms with Gasteiger partial charge >= 0.3 is 0 Å². The number of sulfonamides is 1. The maximum atomic E-state index is 12.8. The number of allylic oxidation sites excluding steroid dienone is 2. The average molecular weight is 348 g/mol. The minimum Gasteiger partial charge on any atom is -0.332 e. The lowest BCUT2D eigenvalue weighted by Crippen LogP contribution is -3.15. The second-order valence-electron chi connectivity index (χ2n) is 7.71. The van der Waals surface area contributed by atoms with E-state index in [1.165, 1.54) is 19.4 Å². The molecule has 5 heteroatoms. The summed E-state index contributed by atoms with van der Waals surface area (Å²) >= 11 is 0. The largest absolute Gasteiger partial charge is 0.332 e. The Labute approximate surface area is 145 Å². The number of nitrogens with zero attached hydrogens (tertiary/aromatic N) is 1. The summed E-state index contributed by atoms with van der Waals surface area (Å²) in [6.45, 7) is 6.34. The van der Waals surface area contributed by atoms with Gasteiger partial charge in [0.05, 0.1) is 37.6 Å². The van der Waals surface area contributed by atoms with Gasteiger partial charge in [-0.25, -0.2) is 8.42 Å². The highest BCUT2D eigenvalue weighted by Crippen LogP contribution is 2.42. The Bertz CT molecular complexity index is 718. The van der Waals surface area contributed by atoms with Crippen molar-refractivity contribution in [2.75, 3.05) is 32.7 Å². The summed E-state index contributed by atoms with van der Waals surface area (Å²) in [5.74, 6) is 2.43. The van der Waals surface area contributed by atoms with Gasteiger partial charge in [0.1, 0.15) is 0 Å². The fourth-order valence-corrected chi connectivity index (χ4v) is 6.05. The number of rotatable bonds is 4. The number of quaternary nitrogens is 1. The molecular weight excluding hydrogens is 320 g/mol. The Hall–Kier alpha value is -1.17. The summed E-state index contributed by atoms with van der Waals surface area (Å²) in [6.07, 6.45) is 7.50. The van der Waals surface area contributed by atoms with Gasteiger partial charge < -0.3 is 4.90 Å². The van der Waals surface area contributed by atoms with E-state index < -0.39 is 10.0 Å². The van der Waals surface area contributed by atoms with Gasteiger partial charge in [-0.15, -0.1) is 0 Å². The maximum absolute atomic E-state index is 12.8. The molecule has 0 amide bonds. The fourth-order valence-electron chi connectivity index (χ4n) is 4.61. The standard InChI is InChI=1S/C19H26N2O2S/c1-15-2-6-19(7-3-15)24(22,23)21-10-8-20(9-11-21)14-18-13-16-4-5-17(18)12-16/h2-7,16-18H,8-14H2,1H3/p+1/t16-,17-,18+/m1/s1. The van der Waals surface area contributed by atoms with Crippen molar-refractivity contribution >= 4 is 10.0 Å². The van der Waals surface area contributed by atoms with Crippen LogP contribution < -0.4 is 4.90 Å². The van der Waals surface area contributed by atoms with Gasteiger partial charge in [0.15, 0.2) is 0 Å². The van der Waals surface area contributed by atoms with Crippen LogP contribution in [0.2, 0.25) is 0 Å². The van der Waals surface area contributed by atoms with E-state index in [1.807, 2.05) is 19.1 Å². The summed E-state index contributed by atoms with van der Waals surface area (Å²) in [5, 5.41) is 0. The number of nitrogens with one attached hydrogen (secondary N) is 1. The Morgan fingerprint density at radius 2 is 1.79 bits per heavy atom. The molecule has 4 rings (SSSR count). The van der Waals surface area contributed by atoms with Crippen LogP contribution in [0.25, 0.3) is 0 Å². The maximum Gasteiger partial charge on any atom is 0.243 e. The van der Waals surface area contributed by atoms with Crippen molar-refractivity contribution in [1.82, 2.24) is 4.31 Å². The van der Waals surface area contributed by atoms with Gasteiger partial charge in [-0.05, 0) is 43.7 Å². The number of piperazine rings is 1. The molecule has 0 aromatic heterocycles. The Morgan fingerprint density at radius 3 is 2.38 bits per heavy atom. The van der Waals surface area contributed by atoms with Crippen LogP contribution in [0, 0.1) is 24.7 Å². The molecule has 1 aromatic carbocycles. The molecule has 1 saturated carbocycles. The van der Waals surface area contributed by atoms with Crippen molar-refractivity contribution < 1.29 is 13.3 Å². The molecule has 4 nitrogen and oxygen atoms in total. The number of aryl methyl sites for hydroxylation is 1. The lowest BCUT2D eigenvalue weighted by Gasteiger charge is -2.33. The number of hydrogen-bond acceptors (Lipinski definition) is 2. The Kier molecular flexibility index (Phi) is 4.27. The van der Waals surface area contributed by atoms with Crippen LogP contribution >= 0.6 is 0 Å². The molecule has 1 N–H and O–H groups in total. The van der Waals surface area contributed by atoms with Crippen molar-refractivity contribution in [2.24, 2.45) is 17.8 Å². The van der Waals surface area contributed by atoms with E-state index in [2.05, 4.69) is 12.2 Å². The molecule has 3 aliphatic rings. The molecule has 3 atom stereocenters. The lowest BCUT2D eigenvalue weighted by atomic mass is 9.93. The minimum atomic E-state index is -3.33. The first-order chi connectivity index (χ1) is 11.5. The van der Waals surface area contributed by atoms with Crippen LogP contribution in [-0.2, 0) is 10.0 Å². The fraction of sp³-hybridized carbons (Fsp3) is 0.579. The number of fused-ring (bicyclic) bond motifs is 2. The molecule has 2 aliphatic carbocycles. The van der Waals surface area contributed by atoms with Gasteiger partial charge in [-0.2, -0.15) is 4.31 Å². The van der Waals surface area contributed by atoms with Crippen LogP contribution in [0.4, 0.5) is 0 Å². The van der Waals surface area contributed by atoms with Crippen LogP contribution in [0.15, 0.2) is 41.3 Å². The molecule has 0 unspecified atom stereocenters. The summed E-state index contributed by atoms with van der Waals surface area (Å²) in [7, 11) is -3.33. The topological polar surface area (TPSA) is 41.8 Å². The zero-order valence-corrected chi connectivity index (χ0v) is 15.1. The van der Waals surface area contributed by atoms with Gasteiger partial charge in [0, 0.05) is 5.92 Å². The van der Waals surface area contributed by atoms with Crippen molar-refractivity contribution in [3.8, 4) is 0 Å². The Morgan fingerprint density at radius 1 is 1.08 bits per heavy atom. The zero-order valence-electron chi connectivity index (χ0n) is 14.3. The average Bonchev–Trinajstić information content (AvgIpc) is 3.19. The summed E-state index contributed by atoms with van der Waals surface area (Å²) in [4.78, 5) is 2.01. The molecule has 2 fully saturated rings. The smallest absolute Gasteiger partial charge is 0.243 e. The van der Waals surface area contributed by atoms with E-state index in [1.54, 1.807) is 21.3 Å². The molecule has 1 saturated heterocycles. The monoisotopic (exact) mass is 347 g/mol. The molecule has 1 heterocycles. The number of benzene rings is 1. The van der Waals surface area contributed by atoms with Crippen molar-refractivity contribution in [3.05, 3.63) is 42.0 Å². The molecule has 130 valence electrons. The lowest BCUT2D eigenvalue weighted by molar-refractivity contribution is -0.907. The molecular formula is C19H27N2O2S+. The summed E-state index contributed by atoms with van der Waals surface area (Å²) in [5.41, 5.74) is 1.09. The second kappa shape index (κ2) is 6.28. The third-order valence-corrected chi connectivity index (χ3v) is 7.97. The quantitative estimate of drug-likeness (QED) is 0.829. The highest BCUT2D eigenvalue weighted by molar-refractivity contribution is 7.89. The first kappa shape index (κ1) is 16.3. The van der Waals surface area contributed by atoms with Crippen LogP contribution in [0.3, 0.4) is 0 Å². The third-order valence-electron chi connectivity index (χ3n) is 6.06. The Balaban J connectivity index is 1.35. The predicted octanol–water partition coefficient (Wildman–Crippen LogP) is 1.10. The predicted molar refractivity (Wildman–Crippen MR) is 94.3 cm³/mol. The van der Waals surface area contributed by atoms with Crippen LogP contribution in [0.1, 0.15) is 18.4 Å². The van der Waals surface area contributed by atoms with Gasteiger partial charge in [-0.1, -0.05) is 29.8 Å². The molecule has 1 aliphatic heterocycles.